The Kier molecular flexibility index (Phi) is 4.90. The van der Waals surface area contributed by atoms with E-state index in [1.165, 1.54) is 11.3 Å². The van der Waals surface area contributed by atoms with Gasteiger partial charge in [-0.1, -0.05) is 46.2 Å². The first-order chi connectivity index (χ1) is 9.04. The van der Waals surface area contributed by atoms with Crippen LogP contribution in [0.4, 0.5) is 0 Å². The lowest BCUT2D eigenvalue weighted by atomic mass is 10.2. The van der Waals surface area contributed by atoms with Gasteiger partial charge in [0.1, 0.15) is 10.8 Å². The van der Waals surface area contributed by atoms with E-state index >= 15 is 0 Å². The third kappa shape index (κ3) is 4.26. The number of rotatable bonds is 5. The molecule has 19 heavy (non-hydrogen) atoms. The summed E-state index contributed by atoms with van der Waals surface area (Å²) in [5.41, 5.74) is 1.06. The van der Waals surface area contributed by atoms with Crippen LogP contribution < -0.4 is 10.1 Å². The van der Waals surface area contributed by atoms with Crippen LogP contribution in [0.15, 0.2) is 22.7 Å². The zero-order valence-electron chi connectivity index (χ0n) is 11.1. The molecule has 2 aromatic rings. The van der Waals surface area contributed by atoms with E-state index in [0.717, 1.165) is 27.3 Å². The van der Waals surface area contributed by atoms with Crippen molar-refractivity contribution in [3.8, 4) is 10.9 Å². The van der Waals surface area contributed by atoms with E-state index in [-0.39, 0.29) is 0 Å². The highest BCUT2D eigenvalue weighted by Gasteiger charge is 2.08. The van der Waals surface area contributed by atoms with Crippen molar-refractivity contribution in [2.45, 2.75) is 33.4 Å². The van der Waals surface area contributed by atoms with Crippen LogP contribution in [0.5, 0.6) is 10.9 Å². The van der Waals surface area contributed by atoms with Gasteiger partial charge in [-0.05, 0) is 30.7 Å². The zero-order chi connectivity index (χ0) is 13.8. The quantitative estimate of drug-likeness (QED) is 0.895. The standard InChI is InChI=1S/C13H16BrN3OS/c1-8(2)15-7-12-16-17-13(19-12)18-11-5-4-10(14)6-9(11)3/h4-6,8,15H,7H2,1-3H3. The van der Waals surface area contributed by atoms with Gasteiger partial charge in [-0.2, -0.15) is 0 Å². The molecule has 2 rings (SSSR count). The molecular formula is C13H16BrN3OS. The van der Waals surface area contributed by atoms with Gasteiger partial charge in [0.05, 0.1) is 6.54 Å². The van der Waals surface area contributed by atoms with Crippen molar-refractivity contribution in [2.24, 2.45) is 0 Å². The molecule has 1 aromatic carbocycles. The normalized spacial score (nSPS) is 11.0. The lowest BCUT2D eigenvalue weighted by molar-refractivity contribution is 0.469. The van der Waals surface area contributed by atoms with Gasteiger partial charge >= 0.3 is 0 Å². The number of benzene rings is 1. The molecule has 102 valence electrons. The predicted octanol–water partition coefficient (Wildman–Crippen LogP) is 3.90. The Bertz CT molecular complexity index is 557. The molecule has 0 aliphatic heterocycles. The number of nitrogens with zero attached hydrogens (tertiary/aromatic N) is 2. The van der Waals surface area contributed by atoms with Gasteiger partial charge < -0.3 is 10.1 Å². The molecule has 0 spiro atoms. The highest BCUT2D eigenvalue weighted by atomic mass is 79.9. The molecule has 1 N–H and O–H groups in total. The fraction of sp³-hybridized carbons (Fsp3) is 0.385. The van der Waals surface area contributed by atoms with E-state index in [1.54, 1.807) is 0 Å². The Hall–Kier alpha value is -0.980. The maximum Gasteiger partial charge on any atom is 0.299 e. The number of halogens is 1. The van der Waals surface area contributed by atoms with E-state index in [4.69, 9.17) is 4.74 Å². The molecule has 1 aromatic heterocycles. The number of hydrogen-bond acceptors (Lipinski definition) is 5. The molecule has 0 saturated carbocycles. The first-order valence-corrected chi connectivity index (χ1v) is 7.65. The van der Waals surface area contributed by atoms with E-state index < -0.39 is 0 Å². The second-order valence-electron chi connectivity index (χ2n) is 4.51. The third-order valence-corrected chi connectivity index (χ3v) is 3.74. The lowest BCUT2D eigenvalue weighted by Crippen LogP contribution is -2.21. The summed E-state index contributed by atoms with van der Waals surface area (Å²) in [5, 5.41) is 13.0. The summed E-state index contributed by atoms with van der Waals surface area (Å²) >= 11 is 4.89. The van der Waals surface area contributed by atoms with Crippen LogP contribution in [0.2, 0.25) is 0 Å². The molecule has 0 radical (unpaired) electrons. The zero-order valence-corrected chi connectivity index (χ0v) is 13.5. The lowest BCUT2D eigenvalue weighted by Gasteiger charge is -2.05. The van der Waals surface area contributed by atoms with Crippen molar-refractivity contribution >= 4 is 27.3 Å². The van der Waals surface area contributed by atoms with Gasteiger partial charge in [-0.15, -0.1) is 5.10 Å². The Morgan fingerprint density at radius 1 is 1.37 bits per heavy atom. The first-order valence-electron chi connectivity index (χ1n) is 6.04. The van der Waals surface area contributed by atoms with Gasteiger partial charge in [0.2, 0.25) is 0 Å². The monoisotopic (exact) mass is 341 g/mol. The summed E-state index contributed by atoms with van der Waals surface area (Å²) < 4.78 is 6.79. The van der Waals surface area contributed by atoms with Gasteiger partial charge in [0.15, 0.2) is 0 Å². The number of nitrogens with one attached hydrogen (secondary N) is 1. The number of ether oxygens (including phenoxy) is 1. The van der Waals surface area contributed by atoms with Crippen LogP contribution in [-0.4, -0.2) is 16.2 Å². The summed E-state index contributed by atoms with van der Waals surface area (Å²) in [6.45, 7) is 6.92. The predicted molar refractivity (Wildman–Crippen MR) is 80.8 cm³/mol. The minimum absolute atomic E-state index is 0.432. The van der Waals surface area contributed by atoms with Crippen LogP contribution >= 0.6 is 27.3 Å². The Morgan fingerprint density at radius 3 is 2.84 bits per heavy atom. The fourth-order valence-corrected chi connectivity index (χ4v) is 2.59. The average molecular weight is 342 g/mol. The van der Waals surface area contributed by atoms with Gasteiger partial charge in [-0.3, -0.25) is 0 Å². The second-order valence-corrected chi connectivity index (χ2v) is 6.45. The Labute approximate surface area is 125 Å². The number of aromatic nitrogens is 2. The SMILES string of the molecule is Cc1cc(Br)ccc1Oc1nnc(CNC(C)C)s1. The minimum atomic E-state index is 0.432. The van der Waals surface area contributed by atoms with E-state index in [0.29, 0.717) is 11.2 Å². The van der Waals surface area contributed by atoms with E-state index in [9.17, 15) is 0 Å². The third-order valence-electron chi connectivity index (χ3n) is 2.44. The molecule has 0 fully saturated rings. The number of hydrogen-bond donors (Lipinski definition) is 1. The van der Waals surface area contributed by atoms with Crippen LogP contribution in [0, 0.1) is 6.92 Å². The van der Waals surface area contributed by atoms with Gasteiger partial charge in [-0.25, -0.2) is 0 Å². The molecule has 4 nitrogen and oxygen atoms in total. The maximum absolute atomic E-state index is 5.75. The molecule has 0 aliphatic rings. The summed E-state index contributed by atoms with van der Waals surface area (Å²) in [7, 11) is 0. The molecular weight excluding hydrogens is 326 g/mol. The summed E-state index contributed by atoms with van der Waals surface area (Å²) in [5.74, 6) is 0.808. The molecule has 0 amide bonds. The van der Waals surface area contributed by atoms with Crippen molar-refractivity contribution in [2.75, 3.05) is 0 Å². The fourth-order valence-electron chi connectivity index (χ4n) is 1.46. The molecule has 0 unspecified atom stereocenters. The summed E-state index contributed by atoms with van der Waals surface area (Å²) in [6, 6.07) is 6.32. The van der Waals surface area contributed by atoms with E-state index in [2.05, 4.69) is 45.3 Å². The largest absolute Gasteiger partial charge is 0.430 e. The van der Waals surface area contributed by atoms with Crippen LogP contribution in [0.25, 0.3) is 0 Å². The van der Waals surface area contributed by atoms with Crippen molar-refractivity contribution in [3.05, 3.63) is 33.2 Å². The van der Waals surface area contributed by atoms with Crippen molar-refractivity contribution < 1.29 is 4.74 Å². The molecule has 0 atom stereocenters. The molecule has 0 aliphatic carbocycles. The Morgan fingerprint density at radius 2 is 2.16 bits per heavy atom. The maximum atomic E-state index is 5.75. The van der Waals surface area contributed by atoms with Crippen molar-refractivity contribution in [3.63, 3.8) is 0 Å². The van der Waals surface area contributed by atoms with Gasteiger partial charge in [0.25, 0.3) is 5.19 Å². The molecule has 1 heterocycles. The number of aryl methyl sites for hydroxylation is 1. The highest BCUT2D eigenvalue weighted by Crippen LogP contribution is 2.29. The second kappa shape index (κ2) is 6.45. The van der Waals surface area contributed by atoms with Crippen molar-refractivity contribution in [1.29, 1.82) is 0 Å². The molecule has 0 saturated heterocycles. The topological polar surface area (TPSA) is 47.0 Å². The van der Waals surface area contributed by atoms with Crippen LogP contribution in [-0.2, 0) is 6.54 Å². The summed E-state index contributed by atoms with van der Waals surface area (Å²) in [4.78, 5) is 0. The highest BCUT2D eigenvalue weighted by molar-refractivity contribution is 9.10. The van der Waals surface area contributed by atoms with Crippen molar-refractivity contribution in [1.82, 2.24) is 15.5 Å². The van der Waals surface area contributed by atoms with Gasteiger partial charge in [0, 0.05) is 10.5 Å². The smallest absolute Gasteiger partial charge is 0.299 e. The first kappa shape index (κ1) is 14.4. The summed E-state index contributed by atoms with van der Waals surface area (Å²) in [6.07, 6.45) is 0. The minimum Gasteiger partial charge on any atom is -0.430 e. The van der Waals surface area contributed by atoms with Crippen LogP contribution in [0.1, 0.15) is 24.4 Å². The molecule has 0 bridgehead atoms. The molecule has 6 heteroatoms. The van der Waals surface area contributed by atoms with Crippen LogP contribution in [0.3, 0.4) is 0 Å². The average Bonchev–Trinajstić information content (AvgIpc) is 2.78. The van der Waals surface area contributed by atoms with E-state index in [1.807, 2.05) is 25.1 Å². The Balaban J connectivity index is 2.03.